The average molecular weight is 358 g/mol. The topological polar surface area (TPSA) is 65.4 Å². The molecule has 25 heavy (non-hydrogen) atoms. The van der Waals surface area contributed by atoms with Crippen molar-refractivity contribution in [1.82, 2.24) is 4.90 Å². The van der Waals surface area contributed by atoms with Crippen molar-refractivity contribution in [1.29, 1.82) is 5.26 Å². The van der Waals surface area contributed by atoms with Gasteiger partial charge in [0.15, 0.2) is 0 Å². The zero-order valence-corrected chi connectivity index (χ0v) is 14.8. The summed E-state index contributed by atoms with van der Waals surface area (Å²) in [6, 6.07) is 16.2. The Bertz CT molecular complexity index is 741. The van der Waals surface area contributed by atoms with Crippen molar-refractivity contribution in [2.45, 2.75) is 6.42 Å². The summed E-state index contributed by atoms with van der Waals surface area (Å²) in [4.78, 5) is 14.0. The summed E-state index contributed by atoms with van der Waals surface area (Å²) >= 11 is 6.03. The number of nitrogens with one attached hydrogen (secondary N) is 1. The minimum atomic E-state index is -0.0661. The lowest BCUT2D eigenvalue weighted by Crippen LogP contribution is -2.28. The van der Waals surface area contributed by atoms with Gasteiger partial charge in [-0.3, -0.25) is 4.79 Å². The van der Waals surface area contributed by atoms with E-state index >= 15 is 0 Å². The van der Waals surface area contributed by atoms with E-state index in [1.807, 2.05) is 36.2 Å². The van der Waals surface area contributed by atoms with Crippen molar-refractivity contribution in [2.75, 3.05) is 32.1 Å². The third-order valence-corrected chi connectivity index (χ3v) is 3.90. The number of carbonyl (C=O) groups is 1. The van der Waals surface area contributed by atoms with E-state index in [2.05, 4.69) is 5.32 Å². The van der Waals surface area contributed by atoms with Gasteiger partial charge in [-0.2, -0.15) is 5.26 Å². The van der Waals surface area contributed by atoms with Gasteiger partial charge in [0.2, 0.25) is 5.91 Å². The molecule has 0 aliphatic heterocycles. The normalized spacial score (nSPS) is 10.3. The van der Waals surface area contributed by atoms with Gasteiger partial charge >= 0.3 is 0 Å². The van der Waals surface area contributed by atoms with Gasteiger partial charge in [-0.1, -0.05) is 23.7 Å². The zero-order chi connectivity index (χ0) is 18.1. The molecule has 0 radical (unpaired) electrons. The Morgan fingerprint density at radius 2 is 1.92 bits per heavy atom. The maximum absolute atomic E-state index is 12.0. The summed E-state index contributed by atoms with van der Waals surface area (Å²) in [7, 11) is 1.94. The molecule has 1 N–H and O–H groups in total. The Balaban J connectivity index is 1.67. The fraction of sp³-hybridized carbons (Fsp3) is 0.263. The molecule has 2 rings (SSSR count). The van der Waals surface area contributed by atoms with Crippen LogP contribution in [0.2, 0.25) is 5.02 Å². The quantitative estimate of drug-likeness (QED) is 0.784. The third-order valence-electron chi connectivity index (χ3n) is 3.59. The lowest BCUT2D eigenvalue weighted by molar-refractivity contribution is -0.116. The standard InChI is InChI=1S/C19H20ClN3O2/c1-23(12-13-25-18-5-3-2-4-17(18)20)11-10-19(24)22-16-8-6-15(14-21)7-9-16/h2-9H,10-13H2,1H3,(H,22,24). The number of carbonyl (C=O) groups excluding carboxylic acids is 1. The van der Waals surface area contributed by atoms with Gasteiger partial charge in [0.25, 0.3) is 0 Å². The number of hydrogen-bond donors (Lipinski definition) is 1. The van der Waals surface area contributed by atoms with E-state index in [-0.39, 0.29) is 5.91 Å². The minimum Gasteiger partial charge on any atom is -0.491 e. The smallest absolute Gasteiger partial charge is 0.225 e. The second-order valence-corrected chi connectivity index (χ2v) is 5.98. The summed E-state index contributed by atoms with van der Waals surface area (Å²) in [5.74, 6) is 0.597. The van der Waals surface area contributed by atoms with Crippen LogP contribution < -0.4 is 10.1 Å². The molecular formula is C19H20ClN3O2. The van der Waals surface area contributed by atoms with Crippen LogP contribution in [0.4, 0.5) is 5.69 Å². The summed E-state index contributed by atoms with van der Waals surface area (Å²) in [6.07, 6.45) is 0.378. The highest BCUT2D eigenvalue weighted by Crippen LogP contribution is 2.22. The Labute approximate surface area is 152 Å². The van der Waals surface area contributed by atoms with E-state index in [0.717, 1.165) is 0 Å². The van der Waals surface area contributed by atoms with Gasteiger partial charge in [0.05, 0.1) is 16.7 Å². The predicted molar refractivity (Wildman–Crippen MR) is 98.8 cm³/mol. The highest BCUT2D eigenvalue weighted by molar-refractivity contribution is 6.32. The van der Waals surface area contributed by atoms with Gasteiger partial charge in [0, 0.05) is 25.2 Å². The van der Waals surface area contributed by atoms with E-state index in [0.29, 0.717) is 48.1 Å². The van der Waals surface area contributed by atoms with Gasteiger partial charge in [0.1, 0.15) is 12.4 Å². The number of hydrogen-bond acceptors (Lipinski definition) is 4. The molecule has 0 bridgehead atoms. The first-order valence-corrected chi connectivity index (χ1v) is 8.32. The minimum absolute atomic E-state index is 0.0661. The van der Waals surface area contributed by atoms with Gasteiger partial charge in [-0.15, -0.1) is 0 Å². The number of likely N-dealkylation sites (N-methyl/N-ethyl adjacent to an activating group) is 1. The van der Waals surface area contributed by atoms with E-state index in [1.165, 1.54) is 0 Å². The van der Waals surface area contributed by atoms with Crippen LogP contribution in [0.15, 0.2) is 48.5 Å². The lowest BCUT2D eigenvalue weighted by Gasteiger charge is -2.17. The molecule has 130 valence electrons. The number of rotatable bonds is 8. The zero-order valence-electron chi connectivity index (χ0n) is 14.0. The molecule has 0 atom stereocenters. The number of anilines is 1. The molecule has 2 aromatic carbocycles. The van der Waals surface area contributed by atoms with Gasteiger partial charge in [-0.05, 0) is 43.4 Å². The highest BCUT2D eigenvalue weighted by Gasteiger charge is 2.06. The molecule has 0 aliphatic carbocycles. The molecule has 0 spiro atoms. The second kappa shape index (κ2) is 9.67. The van der Waals surface area contributed by atoms with Crippen molar-refractivity contribution in [3.05, 3.63) is 59.1 Å². The molecule has 1 amide bonds. The second-order valence-electron chi connectivity index (χ2n) is 5.57. The van der Waals surface area contributed by atoms with Crippen LogP contribution in [0, 0.1) is 11.3 Å². The molecule has 0 unspecified atom stereocenters. The number of para-hydroxylation sites is 1. The SMILES string of the molecule is CN(CCOc1ccccc1Cl)CCC(=O)Nc1ccc(C#N)cc1. The first-order valence-electron chi connectivity index (χ1n) is 7.94. The Morgan fingerprint density at radius 3 is 2.60 bits per heavy atom. The molecule has 6 heteroatoms. The lowest BCUT2D eigenvalue weighted by atomic mass is 10.2. The van der Waals surface area contributed by atoms with E-state index in [1.54, 1.807) is 30.3 Å². The molecular weight excluding hydrogens is 338 g/mol. The van der Waals surface area contributed by atoms with E-state index in [9.17, 15) is 4.79 Å². The summed E-state index contributed by atoms with van der Waals surface area (Å²) < 4.78 is 5.63. The monoisotopic (exact) mass is 357 g/mol. The van der Waals surface area contributed by atoms with Crippen LogP contribution in [-0.2, 0) is 4.79 Å². The molecule has 5 nitrogen and oxygen atoms in total. The summed E-state index contributed by atoms with van der Waals surface area (Å²) in [5, 5.41) is 12.2. The van der Waals surface area contributed by atoms with Crippen molar-refractivity contribution in [3.63, 3.8) is 0 Å². The van der Waals surface area contributed by atoms with E-state index in [4.69, 9.17) is 21.6 Å². The van der Waals surface area contributed by atoms with Crippen molar-refractivity contribution < 1.29 is 9.53 Å². The van der Waals surface area contributed by atoms with Gasteiger partial charge < -0.3 is 15.0 Å². The first-order chi connectivity index (χ1) is 12.1. The highest BCUT2D eigenvalue weighted by atomic mass is 35.5. The number of ether oxygens (including phenoxy) is 1. The van der Waals surface area contributed by atoms with Crippen LogP contribution in [0.3, 0.4) is 0 Å². The van der Waals surface area contributed by atoms with Crippen LogP contribution >= 0.6 is 11.6 Å². The average Bonchev–Trinajstić information content (AvgIpc) is 2.62. The molecule has 0 saturated heterocycles. The molecule has 0 fully saturated rings. The van der Waals surface area contributed by atoms with Crippen LogP contribution in [0.5, 0.6) is 5.75 Å². The maximum atomic E-state index is 12.0. The molecule has 0 saturated carbocycles. The molecule has 2 aromatic rings. The molecule has 0 heterocycles. The molecule has 0 aliphatic rings. The van der Waals surface area contributed by atoms with Crippen molar-refractivity contribution in [2.24, 2.45) is 0 Å². The fourth-order valence-electron chi connectivity index (χ4n) is 2.13. The summed E-state index contributed by atoms with van der Waals surface area (Å²) in [5.41, 5.74) is 1.25. The Kier molecular flexibility index (Phi) is 7.27. The fourth-order valence-corrected chi connectivity index (χ4v) is 2.32. The van der Waals surface area contributed by atoms with Gasteiger partial charge in [-0.25, -0.2) is 0 Å². The number of amides is 1. The number of benzene rings is 2. The van der Waals surface area contributed by atoms with Crippen LogP contribution in [0.1, 0.15) is 12.0 Å². The van der Waals surface area contributed by atoms with Crippen LogP contribution in [-0.4, -0.2) is 37.6 Å². The Hall–Kier alpha value is -2.55. The number of halogens is 1. The summed E-state index contributed by atoms with van der Waals surface area (Å²) in [6.45, 7) is 1.81. The van der Waals surface area contributed by atoms with Crippen LogP contribution in [0.25, 0.3) is 0 Å². The number of nitriles is 1. The maximum Gasteiger partial charge on any atom is 0.225 e. The molecule has 0 aromatic heterocycles. The third kappa shape index (κ3) is 6.46. The largest absolute Gasteiger partial charge is 0.491 e. The first kappa shape index (κ1) is 18.8. The Morgan fingerprint density at radius 1 is 1.20 bits per heavy atom. The van der Waals surface area contributed by atoms with Crippen molar-refractivity contribution in [3.8, 4) is 11.8 Å². The predicted octanol–water partition coefficient (Wildman–Crippen LogP) is 3.55. The van der Waals surface area contributed by atoms with Crippen molar-refractivity contribution >= 4 is 23.2 Å². The number of nitrogens with zero attached hydrogens (tertiary/aromatic N) is 2. The van der Waals surface area contributed by atoms with E-state index < -0.39 is 0 Å².